The SMILES string of the molecule is N#Cc1c(C(F)F)ncc(O)c1CN. The van der Waals surface area contributed by atoms with Gasteiger partial charge in [-0.3, -0.25) is 0 Å². The van der Waals surface area contributed by atoms with E-state index in [4.69, 9.17) is 11.0 Å². The molecule has 0 saturated heterocycles. The third-order valence-electron chi connectivity index (χ3n) is 1.72. The van der Waals surface area contributed by atoms with Crippen LogP contribution in [0.25, 0.3) is 0 Å². The fraction of sp³-hybridized carbons (Fsp3) is 0.250. The number of aromatic nitrogens is 1. The highest BCUT2D eigenvalue weighted by atomic mass is 19.3. The predicted molar refractivity (Wildman–Crippen MR) is 43.5 cm³/mol. The van der Waals surface area contributed by atoms with Crippen LogP contribution in [0.4, 0.5) is 8.78 Å². The highest BCUT2D eigenvalue weighted by molar-refractivity contribution is 5.47. The maximum atomic E-state index is 12.3. The van der Waals surface area contributed by atoms with E-state index in [0.29, 0.717) is 0 Å². The Hall–Kier alpha value is -1.74. The van der Waals surface area contributed by atoms with Gasteiger partial charge < -0.3 is 10.8 Å². The molecular weight excluding hydrogens is 192 g/mol. The van der Waals surface area contributed by atoms with Gasteiger partial charge in [0.2, 0.25) is 0 Å². The molecule has 1 aromatic heterocycles. The molecule has 0 radical (unpaired) electrons. The van der Waals surface area contributed by atoms with Gasteiger partial charge in [-0.25, -0.2) is 13.8 Å². The number of rotatable bonds is 2. The topological polar surface area (TPSA) is 82.9 Å². The van der Waals surface area contributed by atoms with Gasteiger partial charge in [-0.1, -0.05) is 0 Å². The Bertz CT molecular complexity index is 387. The minimum atomic E-state index is -2.85. The maximum absolute atomic E-state index is 12.3. The van der Waals surface area contributed by atoms with Crippen molar-refractivity contribution in [1.82, 2.24) is 4.98 Å². The van der Waals surface area contributed by atoms with Gasteiger partial charge in [-0.05, 0) is 0 Å². The molecule has 0 fully saturated rings. The van der Waals surface area contributed by atoms with Crippen molar-refractivity contribution >= 4 is 0 Å². The molecule has 1 aromatic rings. The summed E-state index contributed by atoms with van der Waals surface area (Å²) in [6, 6.07) is 1.55. The molecule has 0 unspecified atom stereocenters. The number of nitrogens with zero attached hydrogens (tertiary/aromatic N) is 2. The fourth-order valence-corrected chi connectivity index (χ4v) is 1.05. The zero-order valence-corrected chi connectivity index (χ0v) is 7.04. The van der Waals surface area contributed by atoms with E-state index in [2.05, 4.69) is 4.98 Å². The summed E-state index contributed by atoms with van der Waals surface area (Å²) < 4.78 is 24.7. The van der Waals surface area contributed by atoms with Gasteiger partial charge in [-0.15, -0.1) is 0 Å². The van der Waals surface area contributed by atoms with E-state index in [1.807, 2.05) is 0 Å². The van der Waals surface area contributed by atoms with Crippen LogP contribution in [0.5, 0.6) is 5.75 Å². The van der Waals surface area contributed by atoms with Crippen LogP contribution in [0.2, 0.25) is 0 Å². The largest absolute Gasteiger partial charge is 0.506 e. The molecule has 6 heteroatoms. The lowest BCUT2D eigenvalue weighted by molar-refractivity contribution is 0.145. The minimum absolute atomic E-state index is 0.00204. The molecule has 0 saturated carbocycles. The quantitative estimate of drug-likeness (QED) is 0.745. The summed E-state index contributed by atoms with van der Waals surface area (Å²) in [6.07, 6.45) is -1.99. The van der Waals surface area contributed by atoms with Gasteiger partial charge in [0.05, 0.1) is 11.8 Å². The van der Waals surface area contributed by atoms with Gasteiger partial charge in [0.15, 0.2) is 0 Å². The molecule has 0 aliphatic heterocycles. The number of pyridine rings is 1. The van der Waals surface area contributed by atoms with E-state index in [-0.39, 0.29) is 23.4 Å². The molecule has 0 bridgehead atoms. The third-order valence-corrected chi connectivity index (χ3v) is 1.72. The summed E-state index contributed by atoms with van der Waals surface area (Å²) in [7, 11) is 0. The van der Waals surface area contributed by atoms with Crippen molar-refractivity contribution in [3.63, 3.8) is 0 Å². The number of nitriles is 1. The molecule has 1 heterocycles. The van der Waals surface area contributed by atoms with Crippen molar-refractivity contribution < 1.29 is 13.9 Å². The van der Waals surface area contributed by atoms with Crippen molar-refractivity contribution in [2.75, 3.05) is 0 Å². The van der Waals surface area contributed by atoms with Crippen LogP contribution >= 0.6 is 0 Å². The molecule has 0 amide bonds. The summed E-state index contributed by atoms with van der Waals surface area (Å²) in [5, 5.41) is 17.8. The minimum Gasteiger partial charge on any atom is -0.506 e. The summed E-state index contributed by atoms with van der Waals surface area (Å²) in [5.41, 5.74) is 4.22. The van der Waals surface area contributed by atoms with Gasteiger partial charge in [0, 0.05) is 12.1 Å². The molecule has 14 heavy (non-hydrogen) atoms. The number of nitrogens with two attached hydrogens (primary N) is 1. The maximum Gasteiger partial charge on any atom is 0.281 e. The van der Waals surface area contributed by atoms with E-state index in [0.717, 1.165) is 6.20 Å². The molecule has 0 spiro atoms. The lowest BCUT2D eigenvalue weighted by atomic mass is 10.1. The molecule has 0 aliphatic carbocycles. The zero-order valence-electron chi connectivity index (χ0n) is 7.04. The van der Waals surface area contributed by atoms with Crippen molar-refractivity contribution in [3.8, 4) is 11.8 Å². The lowest BCUT2D eigenvalue weighted by Crippen LogP contribution is -2.05. The highest BCUT2D eigenvalue weighted by Crippen LogP contribution is 2.27. The molecule has 74 valence electrons. The summed E-state index contributed by atoms with van der Waals surface area (Å²) in [4.78, 5) is 3.28. The average Bonchev–Trinajstić information content (AvgIpc) is 2.16. The number of aromatic hydroxyl groups is 1. The molecule has 1 rings (SSSR count). The fourth-order valence-electron chi connectivity index (χ4n) is 1.05. The van der Waals surface area contributed by atoms with Gasteiger partial charge in [-0.2, -0.15) is 5.26 Å². The Morgan fingerprint density at radius 1 is 1.64 bits per heavy atom. The number of alkyl halides is 2. The van der Waals surface area contributed by atoms with Crippen LogP contribution in [-0.4, -0.2) is 10.1 Å². The number of halogens is 2. The van der Waals surface area contributed by atoms with Gasteiger partial charge in [0.1, 0.15) is 17.5 Å². The van der Waals surface area contributed by atoms with E-state index in [1.54, 1.807) is 6.07 Å². The van der Waals surface area contributed by atoms with E-state index < -0.39 is 12.1 Å². The Labute approximate surface area is 78.6 Å². The molecule has 0 aliphatic rings. The molecule has 3 N–H and O–H groups in total. The van der Waals surface area contributed by atoms with Crippen LogP contribution in [0.15, 0.2) is 6.20 Å². The average molecular weight is 199 g/mol. The molecule has 4 nitrogen and oxygen atoms in total. The van der Waals surface area contributed by atoms with Crippen molar-refractivity contribution in [2.24, 2.45) is 5.73 Å². The summed E-state index contributed by atoms with van der Waals surface area (Å²) >= 11 is 0. The molecule has 0 atom stereocenters. The Kier molecular flexibility index (Phi) is 2.94. The Morgan fingerprint density at radius 2 is 2.29 bits per heavy atom. The first-order valence-corrected chi connectivity index (χ1v) is 3.70. The third kappa shape index (κ3) is 1.63. The first kappa shape index (κ1) is 10.3. The van der Waals surface area contributed by atoms with Crippen molar-refractivity contribution in [2.45, 2.75) is 13.0 Å². The summed E-state index contributed by atoms with van der Waals surface area (Å²) in [6.45, 7) is -0.184. The van der Waals surface area contributed by atoms with Gasteiger partial charge in [0.25, 0.3) is 6.43 Å². The van der Waals surface area contributed by atoms with Crippen molar-refractivity contribution in [1.29, 1.82) is 5.26 Å². The first-order chi connectivity index (χ1) is 6.61. The molecular formula is C8H7F2N3O. The predicted octanol–water partition coefficient (Wildman–Crippen LogP) is 1.06. The van der Waals surface area contributed by atoms with E-state index in [1.165, 1.54) is 0 Å². The Balaban J connectivity index is 3.43. The van der Waals surface area contributed by atoms with Crippen LogP contribution in [0.1, 0.15) is 23.2 Å². The van der Waals surface area contributed by atoms with Crippen LogP contribution in [0.3, 0.4) is 0 Å². The normalized spacial score (nSPS) is 10.2. The van der Waals surface area contributed by atoms with E-state index in [9.17, 15) is 13.9 Å². The number of hydrogen-bond donors (Lipinski definition) is 2. The van der Waals surface area contributed by atoms with Crippen LogP contribution < -0.4 is 5.73 Å². The second-order valence-electron chi connectivity index (χ2n) is 2.50. The van der Waals surface area contributed by atoms with Gasteiger partial charge >= 0.3 is 0 Å². The zero-order chi connectivity index (χ0) is 10.7. The lowest BCUT2D eigenvalue weighted by Gasteiger charge is -2.07. The molecule has 0 aromatic carbocycles. The van der Waals surface area contributed by atoms with Crippen LogP contribution in [0, 0.1) is 11.3 Å². The number of hydrogen-bond acceptors (Lipinski definition) is 4. The van der Waals surface area contributed by atoms with E-state index >= 15 is 0 Å². The second kappa shape index (κ2) is 3.98. The standard InChI is InChI=1S/C8H7F2N3O/c9-8(10)7-5(2-12)4(1-11)6(14)3-13-7/h3,8,14H,1,11H2. The Morgan fingerprint density at radius 3 is 2.71 bits per heavy atom. The highest BCUT2D eigenvalue weighted by Gasteiger charge is 2.19. The smallest absolute Gasteiger partial charge is 0.281 e. The first-order valence-electron chi connectivity index (χ1n) is 3.70. The monoisotopic (exact) mass is 199 g/mol. The second-order valence-corrected chi connectivity index (χ2v) is 2.50. The van der Waals surface area contributed by atoms with Crippen LogP contribution in [-0.2, 0) is 6.54 Å². The summed E-state index contributed by atoms with van der Waals surface area (Å²) in [5.74, 6) is -0.339. The van der Waals surface area contributed by atoms with Crippen molar-refractivity contribution in [3.05, 3.63) is 23.0 Å².